The number of rotatable bonds is 7. The van der Waals surface area contributed by atoms with Crippen LogP contribution in [-0.4, -0.2) is 34.1 Å². The summed E-state index contributed by atoms with van der Waals surface area (Å²) < 4.78 is 0.744. The van der Waals surface area contributed by atoms with Gasteiger partial charge in [0, 0.05) is 31.0 Å². The van der Waals surface area contributed by atoms with Crippen LogP contribution in [0.2, 0.25) is 0 Å². The normalized spacial score (nSPS) is 14.3. The van der Waals surface area contributed by atoms with Crippen LogP contribution in [-0.2, 0) is 5.75 Å². The van der Waals surface area contributed by atoms with Crippen LogP contribution in [0.25, 0.3) is 0 Å². The molecule has 0 bridgehead atoms. The molecule has 1 aliphatic rings. The summed E-state index contributed by atoms with van der Waals surface area (Å²) in [6.45, 7) is 3.85. The van der Waals surface area contributed by atoms with E-state index < -0.39 is 10.8 Å². The van der Waals surface area contributed by atoms with Crippen LogP contribution < -0.4 is 10.2 Å². The smallest absolute Gasteiger partial charge is 0.270 e. The van der Waals surface area contributed by atoms with Crippen LogP contribution in [0, 0.1) is 16.0 Å². The first-order chi connectivity index (χ1) is 15.5. The largest absolute Gasteiger partial charge is 0.371 e. The molecule has 8 nitrogen and oxygen atoms in total. The molecule has 1 saturated heterocycles. The average Bonchev–Trinajstić information content (AvgIpc) is 3.25. The van der Waals surface area contributed by atoms with E-state index in [4.69, 9.17) is 0 Å². The predicted molar refractivity (Wildman–Crippen MR) is 128 cm³/mol. The summed E-state index contributed by atoms with van der Waals surface area (Å²) in [5.74, 6) is 0.971. The Bertz CT molecular complexity index is 1100. The Morgan fingerprint density at radius 1 is 1.22 bits per heavy atom. The number of piperidine rings is 1. The zero-order valence-electron chi connectivity index (χ0n) is 17.6. The van der Waals surface area contributed by atoms with E-state index in [1.54, 1.807) is 17.8 Å². The number of aromatic nitrogens is 2. The lowest BCUT2D eigenvalue weighted by atomic mass is 9.98. The molecule has 10 heteroatoms. The number of anilines is 2. The van der Waals surface area contributed by atoms with Gasteiger partial charge in [-0.1, -0.05) is 60.4 Å². The van der Waals surface area contributed by atoms with Gasteiger partial charge in [0.1, 0.15) is 0 Å². The van der Waals surface area contributed by atoms with Gasteiger partial charge in [-0.25, -0.2) is 0 Å². The van der Waals surface area contributed by atoms with Gasteiger partial charge in [0.05, 0.1) is 16.2 Å². The van der Waals surface area contributed by atoms with Gasteiger partial charge in [-0.3, -0.25) is 20.2 Å². The molecular formula is C22H23N5O3S2. The second-order valence-electron chi connectivity index (χ2n) is 7.73. The van der Waals surface area contributed by atoms with Crippen molar-refractivity contribution in [2.45, 2.75) is 29.9 Å². The molecule has 32 heavy (non-hydrogen) atoms. The number of non-ortho nitro benzene ring substituents is 1. The second-order valence-corrected chi connectivity index (χ2v) is 9.93. The molecule has 0 saturated carbocycles. The number of thioether (sulfide) groups is 1. The van der Waals surface area contributed by atoms with E-state index in [-0.39, 0.29) is 11.3 Å². The number of carbonyl (C=O) groups is 1. The highest BCUT2D eigenvalue weighted by molar-refractivity contribution is 8.00. The molecule has 1 amide bonds. The van der Waals surface area contributed by atoms with Crippen LogP contribution >= 0.6 is 23.1 Å². The fraction of sp³-hybridized carbons (Fsp3) is 0.318. The van der Waals surface area contributed by atoms with Crippen molar-refractivity contribution in [3.8, 4) is 0 Å². The monoisotopic (exact) mass is 469 g/mol. The average molecular weight is 470 g/mol. The molecule has 1 aromatic heterocycles. The Balaban J connectivity index is 1.49. The van der Waals surface area contributed by atoms with Gasteiger partial charge in [0.15, 0.2) is 4.34 Å². The molecular weight excluding hydrogens is 446 g/mol. The predicted octanol–water partition coefficient (Wildman–Crippen LogP) is 5.23. The highest BCUT2D eigenvalue weighted by atomic mass is 32.2. The minimum absolute atomic E-state index is 0.111. The third kappa shape index (κ3) is 5.43. The van der Waals surface area contributed by atoms with Crippen LogP contribution in [0.5, 0.6) is 0 Å². The van der Waals surface area contributed by atoms with E-state index >= 15 is 0 Å². The van der Waals surface area contributed by atoms with E-state index in [0.29, 0.717) is 16.7 Å². The topological polar surface area (TPSA) is 101 Å². The highest BCUT2D eigenvalue weighted by Gasteiger charge is 2.24. The Hall–Kier alpha value is -2.98. The number of nitrogens with zero attached hydrogens (tertiary/aromatic N) is 4. The quantitative estimate of drug-likeness (QED) is 0.219. The van der Waals surface area contributed by atoms with Crippen molar-refractivity contribution in [3.63, 3.8) is 0 Å². The first-order valence-corrected chi connectivity index (χ1v) is 12.1. The van der Waals surface area contributed by atoms with Crippen LogP contribution in [0.15, 0.2) is 52.9 Å². The number of carbonyl (C=O) groups excluding carboxylic acids is 1. The first kappa shape index (κ1) is 22.2. The number of hydrogen-bond acceptors (Lipinski definition) is 8. The summed E-state index contributed by atoms with van der Waals surface area (Å²) in [5.41, 5.74) is 2.06. The zero-order chi connectivity index (χ0) is 22.5. The van der Waals surface area contributed by atoms with Crippen molar-refractivity contribution < 1.29 is 9.72 Å². The summed E-state index contributed by atoms with van der Waals surface area (Å²) in [7, 11) is 0. The highest BCUT2D eigenvalue weighted by Crippen LogP contribution is 2.32. The molecule has 0 aliphatic carbocycles. The maximum absolute atomic E-state index is 13.1. The lowest BCUT2D eigenvalue weighted by molar-refractivity contribution is -0.384. The minimum atomic E-state index is -0.484. The van der Waals surface area contributed by atoms with Crippen molar-refractivity contribution in [2.24, 2.45) is 5.92 Å². The Labute approximate surface area is 194 Å². The molecule has 3 aromatic rings. The maximum atomic E-state index is 13.1. The molecule has 1 N–H and O–H groups in total. The molecule has 1 fully saturated rings. The summed E-state index contributed by atoms with van der Waals surface area (Å²) in [5, 5.41) is 22.7. The van der Waals surface area contributed by atoms with E-state index in [1.165, 1.54) is 29.0 Å². The minimum Gasteiger partial charge on any atom is -0.371 e. The van der Waals surface area contributed by atoms with Gasteiger partial charge in [-0.2, -0.15) is 0 Å². The third-order valence-electron chi connectivity index (χ3n) is 5.39. The number of amides is 1. The Morgan fingerprint density at radius 2 is 1.97 bits per heavy atom. The van der Waals surface area contributed by atoms with Crippen molar-refractivity contribution >= 4 is 45.5 Å². The van der Waals surface area contributed by atoms with Crippen LogP contribution in [0.1, 0.15) is 35.7 Å². The van der Waals surface area contributed by atoms with Gasteiger partial charge in [0.2, 0.25) is 5.13 Å². The standard InChI is InChI=1S/C22H23N5O3S2/c1-15-9-11-26(12-10-15)19-8-7-17(27(29)30)13-18(19)20(28)23-21-24-25-22(32-21)31-14-16-5-3-2-4-6-16/h2-8,13,15H,9-12,14H2,1H3,(H,23,24,28). The molecule has 4 rings (SSSR count). The van der Waals surface area contributed by atoms with Gasteiger partial charge >= 0.3 is 0 Å². The van der Waals surface area contributed by atoms with Crippen LogP contribution in [0.4, 0.5) is 16.5 Å². The van der Waals surface area contributed by atoms with Gasteiger partial charge in [0.25, 0.3) is 11.6 Å². The molecule has 0 unspecified atom stereocenters. The van der Waals surface area contributed by atoms with Crippen molar-refractivity contribution in [1.29, 1.82) is 0 Å². The lowest BCUT2D eigenvalue weighted by Crippen LogP contribution is -2.34. The van der Waals surface area contributed by atoms with Crippen molar-refractivity contribution in [3.05, 3.63) is 69.8 Å². The first-order valence-electron chi connectivity index (χ1n) is 10.3. The SMILES string of the molecule is CC1CCN(c2ccc([N+](=O)[O-])cc2C(=O)Nc2nnc(SCc3ccccc3)s2)CC1. The molecule has 1 aliphatic heterocycles. The fourth-order valence-electron chi connectivity index (χ4n) is 3.55. The summed E-state index contributed by atoms with van der Waals surface area (Å²) in [4.78, 5) is 26.0. The van der Waals surface area contributed by atoms with Gasteiger partial charge in [-0.05, 0) is 30.4 Å². The van der Waals surface area contributed by atoms with Crippen molar-refractivity contribution in [2.75, 3.05) is 23.3 Å². The van der Waals surface area contributed by atoms with E-state index in [2.05, 4.69) is 27.3 Å². The molecule has 166 valence electrons. The molecule has 0 atom stereocenters. The van der Waals surface area contributed by atoms with E-state index in [0.717, 1.165) is 36.0 Å². The molecule has 2 heterocycles. The maximum Gasteiger partial charge on any atom is 0.270 e. The van der Waals surface area contributed by atoms with Crippen molar-refractivity contribution in [1.82, 2.24) is 10.2 Å². The molecule has 2 aromatic carbocycles. The van der Waals surface area contributed by atoms with Crippen LogP contribution in [0.3, 0.4) is 0 Å². The summed E-state index contributed by atoms with van der Waals surface area (Å²) in [6.07, 6.45) is 2.05. The number of hydrogen-bond donors (Lipinski definition) is 1. The molecule has 0 spiro atoms. The molecule has 0 radical (unpaired) electrons. The third-order valence-corrected chi connectivity index (χ3v) is 7.44. The zero-order valence-corrected chi connectivity index (χ0v) is 19.2. The van der Waals surface area contributed by atoms with E-state index in [1.807, 2.05) is 30.3 Å². The summed E-state index contributed by atoms with van der Waals surface area (Å²) in [6, 6.07) is 14.5. The summed E-state index contributed by atoms with van der Waals surface area (Å²) >= 11 is 2.83. The Morgan fingerprint density at radius 3 is 2.69 bits per heavy atom. The van der Waals surface area contributed by atoms with Gasteiger partial charge < -0.3 is 4.90 Å². The van der Waals surface area contributed by atoms with E-state index in [9.17, 15) is 14.9 Å². The lowest BCUT2D eigenvalue weighted by Gasteiger charge is -2.33. The number of benzene rings is 2. The number of nitro groups is 1. The fourth-order valence-corrected chi connectivity index (χ4v) is 5.25. The number of nitro benzene ring substituents is 1. The Kier molecular flexibility index (Phi) is 7.01. The number of nitrogens with one attached hydrogen (secondary N) is 1. The second kappa shape index (κ2) is 10.1. The van der Waals surface area contributed by atoms with Gasteiger partial charge in [-0.15, -0.1) is 10.2 Å².